The molecule has 0 heteroatoms. The van der Waals surface area contributed by atoms with Crippen molar-refractivity contribution in [1.82, 2.24) is 0 Å². The van der Waals surface area contributed by atoms with Crippen LogP contribution < -0.4 is 0 Å². The Morgan fingerprint density at radius 1 is 0.239 bits per heavy atom. The molecule has 0 aromatic heterocycles. The van der Waals surface area contributed by atoms with Gasteiger partial charge in [0.15, 0.2) is 0 Å². The standard InChI is InChI=1S/C46H28/c1-21-11-13-25-27-7-5-9-29-31-15-16-32-30-10-6-8-28-26-14-12-22(2)18-34(26)36-20-24(4)38-37-23(3)19-35(33(25)17-21)43(39(27)29)45(37)41(31)42(32)46(38)44(36)40(28)30/h5-20H,1-4H3. The van der Waals surface area contributed by atoms with Gasteiger partial charge in [-0.2, -0.15) is 0 Å². The highest BCUT2D eigenvalue weighted by Gasteiger charge is 2.28. The number of hydrogen-bond acceptors (Lipinski definition) is 0. The van der Waals surface area contributed by atoms with E-state index < -0.39 is 0 Å². The smallest absolute Gasteiger partial charge is 0.000441 e. The topological polar surface area (TPSA) is 0 Å². The molecule has 12 rings (SSSR count). The first kappa shape index (κ1) is 23.9. The zero-order valence-electron chi connectivity index (χ0n) is 26.2. The van der Waals surface area contributed by atoms with Crippen molar-refractivity contribution in [2.75, 3.05) is 0 Å². The average molecular weight is 581 g/mol. The molecule has 0 aliphatic rings. The van der Waals surface area contributed by atoms with Crippen LogP contribution in [0.25, 0.3) is 118 Å². The molecule has 0 saturated heterocycles. The number of benzene rings is 12. The molecular weight excluding hydrogens is 553 g/mol. The first-order chi connectivity index (χ1) is 22.5. The summed E-state index contributed by atoms with van der Waals surface area (Å²) >= 11 is 0. The molecule has 212 valence electrons. The Morgan fingerprint density at radius 2 is 0.587 bits per heavy atom. The Morgan fingerprint density at radius 3 is 1.02 bits per heavy atom. The first-order valence-corrected chi connectivity index (χ1v) is 16.5. The Kier molecular flexibility index (Phi) is 3.89. The lowest BCUT2D eigenvalue weighted by Gasteiger charge is -2.27. The van der Waals surface area contributed by atoms with Gasteiger partial charge in [0.05, 0.1) is 0 Å². The number of aryl methyl sites for hydroxylation is 4. The SMILES string of the molecule is Cc1ccc2c(c1)c1cc(C)c3c4c(C)cc5c6cc(C)ccc6c6cccc7c8ccc9c%10cccc2c%10c1c3c9c8c4c5c67. The summed E-state index contributed by atoms with van der Waals surface area (Å²) in [5, 5.41) is 30.8. The fraction of sp³-hybridized carbons (Fsp3) is 0.0870. The third kappa shape index (κ3) is 2.43. The van der Waals surface area contributed by atoms with Crippen LogP contribution in [0.1, 0.15) is 22.3 Å². The maximum absolute atomic E-state index is 2.51. The molecule has 0 radical (unpaired) electrons. The molecule has 12 aromatic rings. The molecule has 0 spiro atoms. The van der Waals surface area contributed by atoms with Gasteiger partial charge in [-0.05, 0) is 157 Å². The van der Waals surface area contributed by atoms with E-state index in [0.29, 0.717) is 0 Å². The van der Waals surface area contributed by atoms with Crippen molar-refractivity contribution in [3.8, 4) is 0 Å². The monoisotopic (exact) mass is 580 g/mol. The lowest BCUT2D eigenvalue weighted by Crippen LogP contribution is -1.99. The Balaban J connectivity index is 1.53. The third-order valence-corrected chi connectivity index (χ3v) is 11.7. The minimum absolute atomic E-state index is 1.31. The van der Waals surface area contributed by atoms with E-state index >= 15 is 0 Å². The van der Waals surface area contributed by atoms with Gasteiger partial charge in [0.2, 0.25) is 0 Å². The molecule has 0 saturated carbocycles. The Bertz CT molecular complexity index is 3090. The second-order valence-corrected chi connectivity index (χ2v) is 14.2. The van der Waals surface area contributed by atoms with Crippen molar-refractivity contribution in [2.45, 2.75) is 27.7 Å². The summed E-state index contributed by atoms with van der Waals surface area (Å²) in [5.74, 6) is 0. The van der Waals surface area contributed by atoms with E-state index in [9.17, 15) is 0 Å². The second kappa shape index (κ2) is 7.49. The van der Waals surface area contributed by atoms with Crippen molar-refractivity contribution in [2.24, 2.45) is 0 Å². The molecule has 0 amide bonds. The Labute approximate surface area is 264 Å². The fourth-order valence-corrected chi connectivity index (χ4v) is 10.1. The van der Waals surface area contributed by atoms with E-state index in [0.717, 1.165) is 0 Å². The second-order valence-electron chi connectivity index (χ2n) is 14.2. The molecule has 46 heavy (non-hydrogen) atoms. The minimum Gasteiger partial charge on any atom is -0.0610 e. The van der Waals surface area contributed by atoms with Crippen molar-refractivity contribution >= 4 is 118 Å². The van der Waals surface area contributed by atoms with Crippen LogP contribution in [0.5, 0.6) is 0 Å². The van der Waals surface area contributed by atoms with Gasteiger partial charge in [-0.25, -0.2) is 0 Å². The van der Waals surface area contributed by atoms with Crippen LogP contribution in [0, 0.1) is 27.7 Å². The van der Waals surface area contributed by atoms with Crippen LogP contribution in [0.3, 0.4) is 0 Å². The molecule has 0 N–H and O–H groups in total. The molecule has 0 unspecified atom stereocenters. The third-order valence-electron chi connectivity index (χ3n) is 11.7. The molecular formula is C46H28. The molecule has 0 bridgehead atoms. The summed E-state index contributed by atoms with van der Waals surface area (Å²) < 4.78 is 0. The van der Waals surface area contributed by atoms with E-state index in [-0.39, 0.29) is 0 Å². The number of fused-ring (bicyclic) bond motifs is 9. The van der Waals surface area contributed by atoms with Crippen molar-refractivity contribution in [1.29, 1.82) is 0 Å². The van der Waals surface area contributed by atoms with Gasteiger partial charge in [0, 0.05) is 0 Å². The summed E-state index contributed by atoms with van der Waals surface area (Å²) in [7, 11) is 0. The Hall–Kier alpha value is -5.46. The van der Waals surface area contributed by atoms with Gasteiger partial charge < -0.3 is 0 Å². The van der Waals surface area contributed by atoms with Gasteiger partial charge in [-0.1, -0.05) is 108 Å². The summed E-state index contributed by atoms with van der Waals surface area (Å²) in [6.07, 6.45) is 0. The average Bonchev–Trinajstić information content (AvgIpc) is 3.07. The molecule has 0 aliphatic heterocycles. The lowest BCUT2D eigenvalue weighted by atomic mass is 9.76. The van der Waals surface area contributed by atoms with Crippen molar-refractivity contribution < 1.29 is 0 Å². The van der Waals surface area contributed by atoms with E-state index in [2.05, 4.69) is 125 Å². The molecule has 0 atom stereocenters. The van der Waals surface area contributed by atoms with Crippen LogP contribution in [0.4, 0.5) is 0 Å². The van der Waals surface area contributed by atoms with Crippen molar-refractivity contribution in [3.63, 3.8) is 0 Å². The summed E-state index contributed by atoms with van der Waals surface area (Å²) in [6, 6.07) is 38.0. The zero-order chi connectivity index (χ0) is 30.3. The lowest BCUT2D eigenvalue weighted by molar-refractivity contribution is 1.51. The normalized spacial score (nSPS) is 13.2. The molecule has 0 aliphatic carbocycles. The largest absolute Gasteiger partial charge is 0.0610 e. The van der Waals surface area contributed by atoms with Gasteiger partial charge in [-0.3, -0.25) is 0 Å². The molecule has 0 nitrogen and oxygen atoms in total. The van der Waals surface area contributed by atoms with Crippen LogP contribution in [-0.4, -0.2) is 0 Å². The maximum atomic E-state index is 2.51. The van der Waals surface area contributed by atoms with E-state index in [1.165, 1.54) is 141 Å². The first-order valence-electron chi connectivity index (χ1n) is 16.5. The highest BCUT2D eigenvalue weighted by atomic mass is 14.3. The van der Waals surface area contributed by atoms with Crippen LogP contribution >= 0.6 is 0 Å². The van der Waals surface area contributed by atoms with Crippen LogP contribution in [-0.2, 0) is 0 Å². The van der Waals surface area contributed by atoms with E-state index in [1.54, 1.807) is 0 Å². The highest BCUT2D eigenvalue weighted by Crippen LogP contribution is 2.56. The van der Waals surface area contributed by atoms with Crippen molar-refractivity contribution in [3.05, 3.63) is 119 Å². The van der Waals surface area contributed by atoms with Crippen LogP contribution in [0.2, 0.25) is 0 Å². The summed E-state index contributed by atoms with van der Waals surface area (Å²) in [5.41, 5.74) is 5.36. The van der Waals surface area contributed by atoms with Crippen LogP contribution in [0.15, 0.2) is 97.1 Å². The van der Waals surface area contributed by atoms with Gasteiger partial charge in [-0.15, -0.1) is 0 Å². The molecule has 0 heterocycles. The van der Waals surface area contributed by atoms with Gasteiger partial charge >= 0.3 is 0 Å². The van der Waals surface area contributed by atoms with Gasteiger partial charge in [0.1, 0.15) is 0 Å². The molecule has 0 fully saturated rings. The predicted molar refractivity (Wildman–Crippen MR) is 203 cm³/mol. The number of hydrogen-bond donors (Lipinski definition) is 0. The zero-order valence-corrected chi connectivity index (χ0v) is 26.2. The van der Waals surface area contributed by atoms with Gasteiger partial charge in [0.25, 0.3) is 0 Å². The molecule has 12 aromatic carbocycles. The highest BCUT2D eigenvalue weighted by molar-refractivity contribution is 6.54. The van der Waals surface area contributed by atoms with E-state index in [4.69, 9.17) is 0 Å². The predicted octanol–water partition coefficient (Wildman–Crippen LogP) is 13.4. The summed E-state index contributed by atoms with van der Waals surface area (Å²) in [4.78, 5) is 0. The minimum atomic E-state index is 1.31. The number of rotatable bonds is 0. The quantitative estimate of drug-likeness (QED) is 0.124. The fourth-order valence-electron chi connectivity index (χ4n) is 10.1. The maximum Gasteiger partial charge on any atom is -0.000441 e. The van der Waals surface area contributed by atoms with E-state index in [1.807, 2.05) is 0 Å². The summed E-state index contributed by atoms with van der Waals surface area (Å²) in [6.45, 7) is 9.17.